The Morgan fingerprint density at radius 2 is 2.00 bits per heavy atom. The second kappa shape index (κ2) is 4.52. The van der Waals surface area contributed by atoms with Crippen LogP contribution in [0.4, 0.5) is 5.69 Å². The summed E-state index contributed by atoms with van der Waals surface area (Å²) in [7, 11) is 1.97. The molecule has 0 fully saturated rings. The molecule has 0 unspecified atom stereocenters. The summed E-state index contributed by atoms with van der Waals surface area (Å²) < 4.78 is 0. The van der Waals surface area contributed by atoms with Gasteiger partial charge in [0.2, 0.25) is 0 Å². The van der Waals surface area contributed by atoms with Crippen LogP contribution in [0.5, 0.6) is 0 Å². The van der Waals surface area contributed by atoms with E-state index in [9.17, 15) is 0 Å². The van der Waals surface area contributed by atoms with E-state index in [1.54, 1.807) is 0 Å². The van der Waals surface area contributed by atoms with E-state index in [0.717, 1.165) is 24.1 Å². The van der Waals surface area contributed by atoms with Crippen molar-refractivity contribution in [2.45, 2.75) is 26.7 Å². The van der Waals surface area contributed by atoms with Gasteiger partial charge in [0.15, 0.2) is 0 Å². The Morgan fingerprint density at radius 1 is 1.19 bits per heavy atom. The number of benzene rings is 1. The Morgan fingerprint density at radius 3 is 2.62 bits per heavy atom. The Kier molecular flexibility index (Phi) is 3.09. The smallest absolute Gasteiger partial charge is 0.0757 e. The first kappa shape index (κ1) is 10.9. The van der Waals surface area contributed by atoms with E-state index in [1.807, 2.05) is 7.05 Å². The minimum Gasteiger partial charge on any atom is -0.388 e. The molecule has 1 aromatic carbocycles. The summed E-state index contributed by atoms with van der Waals surface area (Å²) in [5.74, 6) is 0. The number of fused-ring (bicyclic) bond motifs is 1. The van der Waals surface area contributed by atoms with E-state index in [4.69, 9.17) is 4.98 Å². The van der Waals surface area contributed by atoms with Crippen LogP contribution in [0.3, 0.4) is 0 Å². The van der Waals surface area contributed by atoms with Crippen LogP contribution >= 0.6 is 0 Å². The van der Waals surface area contributed by atoms with Crippen molar-refractivity contribution in [3.05, 3.63) is 35.5 Å². The molecule has 16 heavy (non-hydrogen) atoms. The molecular formula is C14H18N2. The molecule has 1 heterocycles. The number of hydrogen-bond donors (Lipinski definition) is 1. The van der Waals surface area contributed by atoms with Crippen molar-refractivity contribution in [2.75, 3.05) is 12.4 Å². The minimum atomic E-state index is 0.975. The van der Waals surface area contributed by atoms with Crippen LogP contribution in [0.1, 0.15) is 25.1 Å². The third-order valence-corrected chi connectivity index (χ3v) is 2.99. The lowest BCUT2D eigenvalue weighted by Crippen LogP contribution is -1.97. The summed E-state index contributed by atoms with van der Waals surface area (Å²) in [5.41, 5.74) is 4.80. The molecular weight excluding hydrogens is 196 g/mol. The standard InChI is InChI=1S/C14H18N2/c1-4-10-7-6-8-12-13(15-3)9-11(5-2)16-14(10)12/h6-9H,4-5H2,1-3H3,(H,15,16). The van der Waals surface area contributed by atoms with Crippen molar-refractivity contribution in [1.82, 2.24) is 4.98 Å². The number of aromatic nitrogens is 1. The molecule has 0 saturated carbocycles. The van der Waals surface area contributed by atoms with E-state index in [0.29, 0.717) is 0 Å². The zero-order chi connectivity index (χ0) is 11.5. The molecule has 2 aromatic rings. The number of para-hydroxylation sites is 1. The van der Waals surface area contributed by atoms with Crippen LogP contribution in [0.15, 0.2) is 24.3 Å². The third-order valence-electron chi connectivity index (χ3n) is 2.99. The molecule has 1 aromatic heterocycles. The minimum absolute atomic E-state index is 0.975. The van der Waals surface area contributed by atoms with Crippen LogP contribution in [-0.4, -0.2) is 12.0 Å². The van der Waals surface area contributed by atoms with Crippen molar-refractivity contribution in [2.24, 2.45) is 0 Å². The normalized spacial score (nSPS) is 10.7. The van der Waals surface area contributed by atoms with Crippen LogP contribution in [0.2, 0.25) is 0 Å². The van der Waals surface area contributed by atoms with Gasteiger partial charge >= 0.3 is 0 Å². The Balaban J connectivity index is 2.78. The molecule has 0 spiro atoms. The third kappa shape index (κ3) is 1.75. The SMILES string of the molecule is CCc1cc(NC)c2cccc(CC)c2n1. The molecule has 0 aliphatic carbocycles. The van der Waals surface area contributed by atoms with Crippen molar-refractivity contribution >= 4 is 16.6 Å². The molecule has 2 rings (SSSR count). The van der Waals surface area contributed by atoms with Crippen molar-refractivity contribution in [1.29, 1.82) is 0 Å². The maximum Gasteiger partial charge on any atom is 0.0757 e. The summed E-state index contributed by atoms with van der Waals surface area (Å²) in [6, 6.07) is 8.54. The number of pyridine rings is 1. The van der Waals surface area contributed by atoms with E-state index >= 15 is 0 Å². The predicted octanol–water partition coefficient (Wildman–Crippen LogP) is 3.40. The van der Waals surface area contributed by atoms with Gasteiger partial charge in [-0.1, -0.05) is 32.0 Å². The molecule has 0 bridgehead atoms. The average Bonchev–Trinajstić information content (AvgIpc) is 2.36. The first-order chi connectivity index (χ1) is 7.80. The number of nitrogens with zero attached hydrogens (tertiary/aromatic N) is 1. The highest BCUT2D eigenvalue weighted by Gasteiger charge is 2.06. The summed E-state index contributed by atoms with van der Waals surface area (Å²) in [6.07, 6.45) is 2.00. The maximum atomic E-state index is 4.73. The van der Waals surface area contributed by atoms with Crippen molar-refractivity contribution in [3.63, 3.8) is 0 Å². The van der Waals surface area contributed by atoms with Crippen LogP contribution in [0, 0.1) is 0 Å². The van der Waals surface area contributed by atoms with E-state index in [2.05, 4.69) is 43.4 Å². The molecule has 0 amide bonds. The number of aryl methyl sites for hydroxylation is 2. The van der Waals surface area contributed by atoms with Crippen molar-refractivity contribution in [3.8, 4) is 0 Å². The topological polar surface area (TPSA) is 24.9 Å². The fourth-order valence-corrected chi connectivity index (χ4v) is 2.03. The lowest BCUT2D eigenvalue weighted by atomic mass is 10.1. The Hall–Kier alpha value is -1.57. The molecule has 0 atom stereocenters. The molecule has 0 aliphatic rings. The molecule has 1 N–H and O–H groups in total. The van der Waals surface area contributed by atoms with Crippen LogP contribution < -0.4 is 5.32 Å². The maximum absolute atomic E-state index is 4.73. The number of nitrogens with one attached hydrogen (secondary N) is 1. The fourth-order valence-electron chi connectivity index (χ4n) is 2.03. The summed E-state index contributed by atoms with van der Waals surface area (Å²) in [5, 5.41) is 4.48. The highest BCUT2D eigenvalue weighted by Crippen LogP contribution is 2.25. The zero-order valence-corrected chi connectivity index (χ0v) is 10.2. The zero-order valence-electron chi connectivity index (χ0n) is 10.2. The fraction of sp³-hybridized carbons (Fsp3) is 0.357. The number of hydrogen-bond acceptors (Lipinski definition) is 2. The highest BCUT2D eigenvalue weighted by molar-refractivity contribution is 5.93. The molecule has 2 heteroatoms. The van der Waals surface area contributed by atoms with Gasteiger partial charge in [-0.05, 0) is 24.5 Å². The van der Waals surface area contributed by atoms with Gasteiger partial charge in [0.25, 0.3) is 0 Å². The summed E-state index contributed by atoms with van der Waals surface area (Å²) in [6.45, 7) is 4.32. The van der Waals surface area contributed by atoms with E-state index in [1.165, 1.54) is 16.6 Å². The molecule has 84 valence electrons. The Bertz CT molecular complexity index is 503. The second-order valence-corrected chi connectivity index (χ2v) is 3.93. The first-order valence-electron chi connectivity index (χ1n) is 5.89. The van der Waals surface area contributed by atoms with Gasteiger partial charge in [-0.15, -0.1) is 0 Å². The average molecular weight is 214 g/mol. The lowest BCUT2D eigenvalue weighted by Gasteiger charge is -2.10. The molecule has 0 aliphatic heterocycles. The summed E-state index contributed by atoms with van der Waals surface area (Å²) in [4.78, 5) is 4.73. The highest BCUT2D eigenvalue weighted by atomic mass is 14.8. The second-order valence-electron chi connectivity index (χ2n) is 3.93. The number of anilines is 1. The molecule has 2 nitrogen and oxygen atoms in total. The monoisotopic (exact) mass is 214 g/mol. The largest absolute Gasteiger partial charge is 0.388 e. The number of rotatable bonds is 3. The van der Waals surface area contributed by atoms with Gasteiger partial charge in [-0.3, -0.25) is 4.98 Å². The van der Waals surface area contributed by atoms with Crippen LogP contribution in [0.25, 0.3) is 10.9 Å². The summed E-state index contributed by atoms with van der Waals surface area (Å²) >= 11 is 0. The molecule has 0 saturated heterocycles. The van der Waals surface area contributed by atoms with Gasteiger partial charge < -0.3 is 5.32 Å². The first-order valence-corrected chi connectivity index (χ1v) is 5.89. The van der Waals surface area contributed by atoms with Crippen LogP contribution in [-0.2, 0) is 12.8 Å². The quantitative estimate of drug-likeness (QED) is 0.847. The Labute approximate surface area is 96.7 Å². The van der Waals surface area contributed by atoms with Gasteiger partial charge in [-0.2, -0.15) is 0 Å². The van der Waals surface area contributed by atoms with Gasteiger partial charge in [0.1, 0.15) is 0 Å². The lowest BCUT2D eigenvalue weighted by molar-refractivity contribution is 1.05. The predicted molar refractivity (Wildman–Crippen MR) is 70.0 cm³/mol. The van der Waals surface area contributed by atoms with Crippen molar-refractivity contribution < 1.29 is 0 Å². The van der Waals surface area contributed by atoms with Gasteiger partial charge in [0.05, 0.1) is 5.52 Å². The molecule has 0 radical (unpaired) electrons. The van der Waals surface area contributed by atoms with Gasteiger partial charge in [-0.25, -0.2) is 0 Å². The van der Waals surface area contributed by atoms with Gasteiger partial charge in [0, 0.05) is 23.8 Å². The van der Waals surface area contributed by atoms with E-state index < -0.39 is 0 Å². The van der Waals surface area contributed by atoms with E-state index in [-0.39, 0.29) is 0 Å².